The van der Waals surface area contributed by atoms with Crippen LogP contribution in [0.3, 0.4) is 0 Å². The second-order valence-electron chi connectivity index (χ2n) is 5.73. The van der Waals surface area contributed by atoms with Crippen LogP contribution in [0.5, 0.6) is 0 Å². The van der Waals surface area contributed by atoms with Gasteiger partial charge in [0.1, 0.15) is 5.69 Å². The summed E-state index contributed by atoms with van der Waals surface area (Å²) in [7, 11) is 1.79. The third-order valence-electron chi connectivity index (χ3n) is 4.05. The lowest BCUT2D eigenvalue weighted by Crippen LogP contribution is -2.29. The van der Waals surface area contributed by atoms with E-state index >= 15 is 0 Å². The third kappa shape index (κ3) is 3.78. The fraction of sp³-hybridized carbons (Fsp3) is 0.294. The monoisotopic (exact) mass is 440 g/mol. The summed E-state index contributed by atoms with van der Waals surface area (Å²) >= 11 is 9.79. The van der Waals surface area contributed by atoms with Crippen molar-refractivity contribution in [1.29, 1.82) is 0 Å². The number of nitrogens with one attached hydrogen (secondary N) is 2. The molecule has 0 spiro atoms. The van der Waals surface area contributed by atoms with Gasteiger partial charge in [0.05, 0.1) is 30.5 Å². The van der Waals surface area contributed by atoms with Gasteiger partial charge < -0.3 is 15.0 Å². The van der Waals surface area contributed by atoms with E-state index in [-0.39, 0.29) is 19.3 Å². The minimum atomic E-state index is -0.424. The van der Waals surface area contributed by atoms with Gasteiger partial charge in [-0.1, -0.05) is 33.6 Å². The zero-order valence-corrected chi connectivity index (χ0v) is 16.3. The largest absolute Gasteiger partial charge is 0.394 e. The molecule has 2 aromatic heterocycles. The van der Waals surface area contributed by atoms with Gasteiger partial charge in [0.25, 0.3) is 5.91 Å². The Morgan fingerprint density at radius 3 is 3.12 bits per heavy atom. The Hall–Kier alpha value is -1.87. The fourth-order valence-corrected chi connectivity index (χ4v) is 3.67. The first kappa shape index (κ1) is 18.9. The highest BCUT2D eigenvalue weighted by Gasteiger charge is 2.25. The molecule has 0 aliphatic heterocycles. The van der Waals surface area contributed by atoms with Gasteiger partial charge in [0.15, 0.2) is 0 Å². The van der Waals surface area contributed by atoms with Gasteiger partial charge in [-0.3, -0.25) is 14.6 Å². The number of carbonyl (C=O) groups is 1. The van der Waals surface area contributed by atoms with Crippen LogP contribution in [0.15, 0.2) is 40.1 Å². The average molecular weight is 442 g/mol. The van der Waals surface area contributed by atoms with Crippen molar-refractivity contribution in [2.24, 2.45) is 7.05 Å². The molecule has 9 heteroatoms. The van der Waals surface area contributed by atoms with Crippen LogP contribution in [0.4, 0.5) is 5.69 Å². The number of carbonyl (C=O) groups excluding carboxylic acids is 1. The third-order valence-corrected chi connectivity index (χ3v) is 4.98. The van der Waals surface area contributed by atoms with Gasteiger partial charge in [-0.2, -0.15) is 0 Å². The number of amides is 1. The zero-order valence-electron chi connectivity index (χ0n) is 14.0. The molecule has 3 rings (SSSR count). The van der Waals surface area contributed by atoms with E-state index in [4.69, 9.17) is 21.5 Å². The number of pyridine rings is 1. The standard InChI is InChI=1S/C17H18BrClN4O3/c1-23-14-4-5-20-9-11(14)15(16(23)17(25)22-26-7-6-24)21-13-3-2-10(18)8-12(13)19/h2,4-5,8-9,13,21,24H,3,6-7H2,1H3,(H,22,25). The predicted molar refractivity (Wildman–Crippen MR) is 104 cm³/mol. The molecule has 2 heterocycles. The normalized spacial score (nSPS) is 17.0. The van der Waals surface area contributed by atoms with Crippen LogP contribution in [0.1, 0.15) is 16.9 Å². The molecule has 26 heavy (non-hydrogen) atoms. The number of rotatable bonds is 6. The molecule has 0 radical (unpaired) electrons. The second kappa shape index (κ2) is 8.22. The molecular weight excluding hydrogens is 424 g/mol. The Kier molecular flexibility index (Phi) is 5.98. The van der Waals surface area contributed by atoms with Crippen LogP contribution in [-0.4, -0.2) is 39.8 Å². The highest BCUT2D eigenvalue weighted by molar-refractivity contribution is 9.11. The van der Waals surface area contributed by atoms with Gasteiger partial charge in [0.2, 0.25) is 0 Å². The molecule has 1 amide bonds. The topological polar surface area (TPSA) is 88.4 Å². The molecule has 1 atom stereocenters. The number of aliphatic hydroxyl groups is 1. The van der Waals surface area contributed by atoms with Gasteiger partial charge in [-0.05, 0) is 18.6 Å². The Morgan fingerprint density at radius 1 is 1.58 bits per heavy atom. The van der Waals surface area contributed by atoms with Crippen molar-refractivity contribution in [2.45, 2.75) is 12.5 Å². The molecule has 138 valence electrons. The first-order valence-electron chi connectivity index (χ1n) is 7.97. The van der Waals surface area contributed by atoms with Crippen LogP contribution >= 0.6 is 27.5 Å². The van der Waals surface area contributed by atoms with E-state index in [1.807, 2.05) is 18.2 Å². The molecule has 2 aromatic rings. The summed E-state index contributed by atoms with van der Waals surface area (Å²) in [5.41, 5.74) is 4.22. The second-order valence-corrected chi connectivity index (χ2v) is 7.08. The van der Waals surface area contributed by atoms with Crippen LogP contribution in [-0.2, 0) is 11.9 Å². The van der Waals surface area contributed by atoms with Crippen molar-refractivity contribution in [1.82, 2.24) is 15.0 Å². The van der Waals surface area contributed by atoms with Crippen LogP contribution in [0.2, 0.25) is 0 Å². The highest BCUT2D eigenvalue weighted by atomic mass is 79.9. The van der Waals surface area contributed by atoms with E-state index < -0.39 is 5.91 Å². The van der Waals surface area contributed by atoms with Gasteiger partial charge in [-0.25, -0.2) is 5.48 Å². The Balaban J connectivity index is 1.98. The molecule has 0 saturated heterocycles. The Morgan fingerprint density at radius 2 is 2.38 bits per heavy atom. The van der Waals surface area contributed by atoms with E-state index in [1.54, 1.807) is 24.0 Å². The maximum Gasteiger partial charge on any atom is 0.293 e. The number of aromatic nitrogens is 2. The zero-order chi connectivity index (χ0) is 18.7. The Labute approximate surface area is 163 Å². The highest BCUT2D eigenvalue weighted by Crippen LogP contribution is 2.34. The quantitative estimate of drug-likeness (QED) is 0.474. The minimum absolute atomic E-state index is 0.00993. The van der Waals surface area contributed by atoms with E-state index in [0.717, 1.165) is 15.4 Å². The number of hydrogen-bond acceptors (Lipinski definition) is 5. The summed E-state index contributed by atoms with van der Waals surface area (Å²) < 4.78 is 2.69. The molecule has 7 nitrogen and oxygen atoms in total. The van der Waals surface area contributed by atoms with Gasteiger partial charge in [-0.15, -0.1) is 0 Å². The maximum atomic E-state index is 12.6. The SMILES string of the molecule is Cn1c(C(=O)NOCCO)c(NC2CC=C(Br)C=C2Cl)c2cnccc21. The molecule has 0 fully saturated rings. The predicted octanol–water partition coefficient (Wildman–Crippen LogP) is 2.81. The summed E-state index contributed by atoms with van der Waals surface area (Å²) in [6, 6.07) is 1.68. The first-order chi connectivity index (χ1) is 12.5. The smallest absolute Gasteiger partial charge is 0.293 e. The summed E-state index contributed by atoms with van der Waals surface area (Å²) in [5.74, 6) is -0.424. The Bertz CT molecular complexity index is 894. The molecule has 1 aliphatic rings. The lowest BCUT2D eigenvalue weighted by atomic mass is 10.1. The molecular formula is C17H18BrClN4O3. The number of anilines is 1. The van der Waals surface area contributed by atoms with Gasteiger partial charge in [0, 0.05) is 34.3 Å². The van der Waals surface area contributed by atoms with Crippen molar-refractivity contribution in [3.8, 4) is 0 Å². The summed E-state index contributed by atoms with van der Waals surface area (Å²) in [4.78, 5) is 21.8. The number of aliphatic hydroxyl groups excluding tert-OH is 1. The minimum Gasteiger partial charge on any atom is -0.394 e. The number of aryl methyl sites for hydroxylation is 1. The number of allylic oxidation sites excluding steroid dienone is 2. The van der Waals surface area contributed by atoms with Crippen molar-refractivity contribution in [3.05, 3.63) is 45.8 Å². The van der Waals surface area contributed by atoms with Crippen LogP contribution in [0, 0.1) is 0 Å². The number of hydrogen-bond donors (Lipinski definition) is 3. The number of fused-ring (bicyclic) bond motifs is 1. The first-order valence-corrected chi connectivity index (χ1v) is 9.14. The van der Waals surface area contributed by atoms with Crippen LogP contribution in [0.25, 0.3) is 10.9 Å². The number of nitrogens with zero attached hydrogens (tertiary/aromatic N) is 2. The van der Waals surface area contributed by atoms with Crippen molar-refractivity contribution < 1.29 is 14.7 Å². The van der Waals surface area contributed by atoms with Crippen molar-refractivity contribution in [2.75, 3.05) is 18.5 Å². The van der Waals surface area contributed by atoms with Crippen LogP contribution < -0.4 is 10.8 Å². The molecule has 3 N–H and O–H groups in total. The maximum absolute atomic E-state index is 12.6. The lowest BCUT2D eigenvalue weighted by molar-refractivity contribution is 0.0163. The molecule has 0 saturated carbocycles. The number of hydroxylamine groups is 1. The summed E-state index contributed by atoms with van der Waals surface area (Å²) in [6.45, 7) is -0.176. The fourth-order valence-electron chi connectivity index (χ4n) is 2.85. The average Bonchev–Trinajstić information content (AvgIpc) is 2.90. The molecule has 1 unspecified atom stereocenters. The van der Waals surface area contributed by atoms with E-state index in [2.05, 4.69) is 31.7 Å². The molecule has 1 aliphatic carbocycles. The van der Waals surface area contributed by atoms with Gasteiger partial charge >= 0.3 is 0 Å². The van der Waals surface area contributed by atoms with Crippen molar-refractivity contribution >= 4 is 50.0 Å². The van der Waals surface area contributed by atoms with E-state index in [1.165, 1.54) is 0 Å². The summed E-state index contributed by atoms with van der Waals surface area (Å²) in [5, 5.41) is 13.6. The lowest BCUT2D eigenvalue weighted by Gasteiger charge is -2.21. The van der Waals surface area contributed by atoms with Crippen molar-refractivity contribution in [3.63, 3.8) is 0 Å². The number of halogens is 2. The molecule has 0 aromatic carbocycles. The van der Waals surface area contributed by atoms with E-state index in [9.17, 15) is 4.79 Å². The van der Waals surface area contributed by atoms with E-state index in [0.29, 0.717) is 22.8 Å². The molecule has 0 bridgehead atoms. The summed E-state index contributed by atoms with van der Waals surface area (Å²) in [6.07, 6.45) is 7.89.